The van der Waals surface area contributed by atoms with E-state index in [0.717, 1.165) is 11.0 Å². The van der Waals surface area contributed by atoms with Crippen LogP contribution in [0.2, 0.25) is 0 Å². The Morgan fingerprint density at radius 3 is 2.79 bits per heavy atom. The van der Waals surface area contributed by atoms with Crippen LogP contribution in [0.3, 0.4) is 0 Å². The number of hydrogen-bond acceptors (Lipinski definition) is 1. The Labute approximate surface area is 102 Å². The summed E-state index contributed by atoms with van der Waals surface area (Å²) in [4.78, 5) is 0. The van der Waals surface area contributed by atoms with E-state index < -0.39 is 0 Å². The quantitative estimate of drug-likeness (QED) is 0.824. The zero-order chi connectivity index (χ0) is 9.97. The number of rotatable bonds is 1. The van der Waals surface area contributed by atoms with Gasteiger partial charge in [0.2, 0.25) is 0 Å². The van der Waals surface area contributed by atoms with Gasteiger partial charge in [-0.05, 0) is 62.9 Å². The molecule has 0 amide bonds. The standard InChI is InChI=1S/C11H13Br2N/c12-9-5-3-4-8(11(9)13)10-6-1-2-7-14-10/h3-5,10,14H,1-2,6-7H2/t10-/m0/s1. The number of hydrogen-bond donors (Lipinski definition) is 1. The van der Waals surface area contributed by atoms with Gasteiger partial charge in [-0.15, -0.1) is 0 Å². The Kier molecular flexibility index (Phi) is 3.63. The van der Waals surface area contributed by atoms with Crippen molar-refractivity contribution in [2.24, 2.45) is 0 Å². The van der Waals surface area contributed by atoms with Gasteiger partial charge in [-0.1, -0.05) is 18.6 Å². The maximum atomic E-state index is 3.63. The maximum Gasteiger partial charge on any atom is 0.0365 e. The molecule has 0 bridgehead atoms. The van der Waals surface area contributed by atoms with Crippen LogP contribution < -0.4 is 5.32 Å². The molecule has 76 valence electrons. The highest BCUT2D eigenvalue weighted by atomic mass is 79.9. The van der Waals surface area contributed by atoms with Crippen LogP contribution in [-0.2, 0) is 0 Å². The van der Waals surface area contributed by atoms with E-state index in [1.807, 2.05) is 0 Å². The van der Waals surface area contributed by atoms with E-state index in [4.69, 9.17) is 0 Å². The Bertz CT molecular complexity index is 319. The first-order valence-electron chi connectivity index (χ1n) is 4.96. The minimum absolute atomic E-state index is 0.524. The van der Waals surface area contributed by atoms with Gasteiger partial charge in [-0.3, -0.25) is 0 Å². The summed E-state index contributed by atoms with van der Waals surface area (Å²) < 4.78 is 2.33. The zero-order valence-electron chi connectivity index (χ0n) is 7.89. The van der Waals surface area contributed by atoms with E-state index in [9.17, 15) is 0 Å². The maximum absolute atomic E-state index is 3.63. The fraction of sp³-hybridized carbons (Fsp3) is 0.455. The summed E-state index contributed by atoms with van der Waals surface area (Å²) in [7, 11) is 0. The molecule has 1 fully saturated rings. The minimum atomic E-state index is 0.524. The van der Waals surface area contributed by atoms with Gasteiger partial charge < -0.3 is 5.32 Å². The Balaban J connectivity index is 2.26. The second-order valence-corrected chi connectivity index (χ2v) is 5.29. The molecule has 1 atom stereocenters. The van der Waals surface area contributed by atoms with E-state index in [2.05, 4.69) is 55.4 Å². The molecule has 1 nitrogen and oxygen atoms in total. The van der Waals surface area contributed by atoms with Crippen molar-refractivity contribution < 1.29 is 0 Å². The van der Waals surface area contributed by atoms with Crippen LogP contribution in [0.25, 0.3) is 0 Å². The van der Waals surface area contributed by atoms with Gasteiger partial charge >= 0.3 is 0 Å². The second kappa shape index (κ2) is 4.77. The monoisotopic (exact) mass is 317 g/mol. The lowest BCUT2D eigenvalue weighted by Gasteiger charge is -2.25. The molecule has 1 heterocycles. The van der Waals surface area contributed by atoms with Crippen LogP contribution in [0, 0.1) is 0 Å². The number of nitrogens with one attached hydrogen (secondary N) is 1. The lowest BCUT2D eigenvalue weighted by Crippen LogP contribution is -2.27. The second-order valence-electron chi connectivity index (χ2n) is 3.65. The van der Waals surface area contributed by atoms with E-state index in [-0.39, 0.29) is 0 Å². The highest BCUT2D eigenvalue weighted by molar-refractivity contribution is 9.13. The lowest BCUT2D eigenvalue weighted by atomic mass is 9.98. The summed E-state index contributed by atoms with van der Waals surface area (Å²) in [6, 6.07) is 6.88. The Hall–Kier alpha value is 0.140. The summed E-state index contributed by atoms with van der Waals surface area (Å²) in [5, 5.41) is 3.55. The third-order valence-electron chi connectivity index (χ3n) is 2.67. The first-order chi connectivity index (χ1) is 6.79. The fourth-order valence-electron chi connectivity index (χ4n) is 1.91. The van der Waals surface area contributed by atoms with Gasteiger partial charge in [0.15, 0.2) is 0 Å². The molecule has 1 aromatic carbocycles. The molecular weight excluding hydrogens is 306 g/mol. The molecule has 14 heavy (non-hydrogen) atoms. The highest BCUT2D eigenvalue weighted by Crippen LogP contribution is 2.33. The summed E-state index contributed by atoms with van der Waals surface area (Å²) in [6.07, 6.45) is 3.88. The molecule has 0 radical (unpaired) electrons. The number of halogens is 2. The molecule has 0 aliphatic carbocycles. The van der Waals surface area contributed by atoms with Crippen molar-refractivity contribution in [3.8, 4) is 0 Å². The van der Waals surface area contributed by atoms with Crippen LogP contribution in [-0.4, -0.2) is 6.54 Å². The predicted octanol–water partition coefficient (Wildman–Crippen LogP) is 4.03. The molecule has 0 spiro atoms. The topological polar surface area (TPSA) is 12.0 Å². The molecule has 1 aliphatic heterocycles. The third kappa shape index (κ3) is 2.20. The Morgan fingerprint density at radius 2 is 2.07 bits per heavy atom. The van der Waals surface area contributed by atoms with E-state index in [1.165, 1.54) is 29.3 Å². The third-order valence-corrected chi connectivity index (χ3v) is 4.75. The number of benzene rings is 1. The molecule has 1 saturated heterocycles. The number of piperidine rings is 1. The molecule has 1 aliphatic rings. The molecule has 3 heteroatoms. The molecule has 2 rings (SSSR count). The van der Waals surface area contributed by atoms with Gasteiger partial charge in [0.25, 0.3) is 0 Å². The van der Waals surface area contributed by atoms with Gasteiger partial charge in [0, 0.05) is 15.0 Å². The minimum Gasteiger partial charge on any atom is -0.310 e. The van der Waals surface area contributed by atoms with E-state index >= 15 is 0 Å². The fourth-order valence-corrected chi connectivity index (χ4v) is 2.83. The first kappa shape index (κ1) is 10.7. The van der Waals surface area contributed by atoms with E-state index in [0.29, 0.717) is 6.04 Å². The van der Waals surface area contributed by atoms with Crippen LogP contribution in [0.4, 0.5) is 0 Å². The van der Waals surface area contributed by atoms with Crippen LogP contribution >= 0.6 is 31.9 Å². The van der Waals surface area contributed by atoms with E-state index in [1.54, 1.807) is 0 Å². The Morgan fingerprint density at radius 1 is 1.21 bits per heavy atom. The highest BCUT2D eigenvalue weighted by Gasteiger charge is 2.17. The van der Waals surface area contributed by atoms with Crippen molar-refractivity contribution >= 4 is 31.9 Å². The summed E-state index contributed by atoms with van der Waals surface area (Å²) in [5.41, 5.74) is 1.37. The van der Waals surface area contributed by atoms with Crippen LogP contribution in [0.5, 0.6) is 0 Å². The lowest BCUT2D eigenvalue weighted by molar-refractivity contribution is 0.411. The predicted molar refractivity (Wildman–Crippen MR) is 66.4 cm³/mol. The van der Waals surface area contributed by atoms with Gasteiger partial charge in [-0.25, -0.2) is 0 Å². The van der Waals surface area contributed by atoms with Crippen molar-refractivity contribution in [1.29, 1.82) is 0 Å². The molecule has 0 aromatic heterocycles. The first-order valence-corrected chi connectivity index (χ1v) is 6.55. The van der Waals surface area contributed by atoms with Crippen LogP contribution in [0.1, 0.15) is 30.9 Å². The molecule has 1 N–H and O–H groups in total. The van der Waals surface area contributed by atoms with Crippen molar-refractivity contribution in [1.82, 2.24) is 5.32 Å². The summed E-state index contributed by atoms with van der Waals surface area (Å²) >= 11 is 7.17. The van der Waals surface area contributed by atoms with Gasteiger partial charge in [0.05, 0.1) is 0 Å². The molecule has 0 saturated carbocycles. The van der Waals surface area contributed by atoms with Crippen molar-refractivity contribution in [3.05, 3.63) is 32.7 Å². The summed E-state index contributed by atoms with van der Waals surface area (Å²) in [6.45, 7) is 1.14. The van der Waals surface area contributed by atoms with Gasteiger partial charge in [-0.2, -0.15) is 0 Å². The average molecular weight is 319 g/mol. The van der Waals surface area contributed by atoms with Crippen molar-refractivity contribution in [3.63, 3.8) is 0 Å². The SMILES string of the molecule is Brc1cccc([C@@H]2CCCCN2)c1Br. The van der Waals surface area contributed by atoms with Gasteiger partial charge in [0.1, 0.15) is 0 Å². The average Bonchev–Trinajstić information content (AvgIpc) is 2.23. The molecule has 1 aromatic rings. The zero-order valence-corrected chi connectivity index (χ0v) is 11.1. The molecular formula is C11H13Br2N. The smallest absolute Gasteiger partial charge is 0.0365 e. The summed E-state index contributed by atoms with van der Waals surface area (Å²) in [5.74, 6) is 0. The molecule has 0 unspecified atom stereocenters. The van der Waals surface area contributed by atoms with Crippen LogP contribution in [0.15, 0.2) is 27.1 Å². The normalized spacial score (nSPS) is 22.3. The van der Waals surface area contributed by atoms with Crippen molar-refractivity contribution in [2.75, 3.05) is 6.54 Å². The van der Waals surface area contributed by atoms with Crippen molar-refractivity contribution in [2.45, 2.75) is 25.3 Å². The largest absolute Gasteiger partial charge is 0.310 e.